The second-order valence-electron chi connectivity index (χ2n) is 8.20. The number of hydrogen-bond acceptors (Lipinski definition) is 6. The topological polar surface area (TPSA) is 107 Å². The first-order valence-electron chi connectivity index (χ1n) is 10.3. The molecule has 1 atom stereocenters. The summed E-state index contributed by atoms with van der Waals surface area (Å²) in [5.74, 6) is 0.0359. The number of aryl methyl sites for hydroxylation is 2. The van der Waals surface area contributed by atoms with Gasteiger partial charge in [0.1, 0.15) is 10.6 Å². The number of piperidine rings is 1. The maximum absolute atomic E-state index is 13.1. The monoisotopic (exact) mass is 441 g/mol. The summed E-state index contributed by atoms with van der Waals surface area (Å²) in [5.41, 5.74) is 0.345. The van der Waals surface area contributed by atoms with Gasteiger partial charge in [-0.25, -0.2) is 13.2 Å². The summed E-state index contributed by atoms with van der Waals surface area (Å²) in [7, 11) is -0.316. The summed E-state index contributed by atoms with van der Waals surface area (Å²) in [5, 5.41) is 3.76. The predicted molar refractivity (Wildman–Crippen MR) is 109 cm³/mol. The quantitative estimate of drug-likeness (QED) is 0.690. The van der Waals surface area contributed by atoms with Gasteiger partial charge in [0.2, 0.25) is 15.9 Å². The van der Waals surface area contributed by atoms with Gasteiger partial charge in [0.25, 0.3) is 0 Å². The zero-order valence-electron chi connectivity index (χ0n) is 18.1. The molecule has 0 N–H and O–H groups in total. The Kier molecular flexibility index (Phi) is 6.71. The third-order valence-electron chi connectivity index (χ3n) is 5.76. The van der Waals surface area contributed by atoms with E-state index in [9.17, 15) is 18.0 Å². The second-order valence-corrected chi connectivity index (χ2v) is 10.1. The molecule has 0 bridgehead atoms. The van der Waals surface area contributed by atoms with Gasteiger partial charge in [0, 0.05) is 53.4 Å². The number of likely N-dealkylation sites (tertiary alicyclic amines) is 1. The van der Waals surface area contributed by atoms with Crippen molar-refractivity contribution in [2.45, 2.75) is 38.0 Å². The third-order valence-corrected chi connectivity index (χ3v) is 7.90. The highest BCUT2D eigenvalue weighted by Crippen LogP contribution is 2.25. The van der Waals surface area contributed by atoms with Crippen LogP contribution < -0.4 is 0 Å². The van der Waals surface area contributed by atoms with Gasteiger partial charge in [-0.05, 0) is 33.1 Å². The molecule has 0 radical (unpaired) electrons. The summed E-state index contributed by atoms with van der Waals surface area (Å²) in [6, 6.07) is -0.0832. The molecule has 2 aliphatic rings. The number of hydrogen-bond donors (Lipinski definition) is 0. The van der Waals surface area contributed by atoms with Gasteiger partial charge in [0.15, 0.2) is 5.76 Å². The number of aromatic nitrogens is 1. The molecular formula is C19H31N5O5S. The van der Waals surface area contributed by atoms with E-state index in [-0.39, 0.29) is 35.1 Å². The normalized spacial score (nSPS) is 21.4. The van der Waals surface area contributed by atoms with Crippen molar-refractivity contribution < 1.29 is 22.5 Å². The molecule has 2 aliphatic heterocycles. The summed E-state index contributed by atoms with van der Waals surface area (Å²) in [4.78, 5) is 30.5. The van der Waals surface area contributed by atoms with Crippen molar-refractivity contribution in [1.29, 1.82) is 0 Å². The summed E-state index contributed by atoms with van der Waals surface area (Å²) < 4.78 is 32.6. The van der Waals surface area contributed by atoms with E-state index in [0.717, 1.165) is 12.8 Å². The van der Waals surface area contributed by atoms with Gasteiger partial charge >= 0.3 is 6.03 Å². The van der Waals surface area contributed by atoms with Gasteiger partial charge in [-0.2, -0.15) is 4.31 Å². The maximum Gasteiger partial charge on any atom is 0.319 e. The van der Waals surface area contributed by atoms with Gasteiger partial charge in [0.05, 0.1) is 5.92 Å². The molecule has 0 aromatic carbocycles. The Balaban J connectivity index is 1.66. The molecular weight excluding hydrogens is 410 g/mol. The SMILES string of the molecule is Cc1noc(C)c1S(=O)(=O)N1CCCN(C(=O)[C@H]2CCCN(C(=O)N(C)C)C2)CC1. The molecule has 3 heterocycles. The molecule has 0 saturated carbocycles. The molecule has 30 heavy (non-hydrogen) atoms. The van der Waals surface area contributed by atoms with Crippen molar-refractivity contribution in [3.8, 4) is 0 Å². The van der Waals surface area contributed by atoms with Gasteiger partial charge in [-0.15, -0.1) is 0 Å². The highest BCUT2D eigenvalue weighted by Gasteiger charge is 2.35. The fourth-order valence-electron chi connectivity index (χ4n) is 4.22. The molecule has 2 fully saturated rings. The zero-order valence-corrected chi connectivity index (χ0v) is 18.9. The van der Waals surface area contributed by atoms with E-state index in [2.05, 4.69) is 5.16 Å². The third kappa shape index (κ3) is 4.46. The van der Waals surface area contributed by atoms with Crippen LogP contribution >= 0.6 is 0 Å². The number of urea groups is 1. The number of sulfonamides is 1. The van der Waals surface area contributed by atoms with Gasteiger partial charge in [-0.3, -0.25) is 4.79 Å². The average molecular weight is 442 g/mol. The van der Waals surface area contributed by atoms with Crippen LogP contribution in [-0.4, -0.2) is 97.9 Å². The van der Waals surface area contributed by atoms with Crippen LogP contribution in [0.3, 0.4) is 0 Å². The Bertz CT molecular complexity index is 878. The van der Waals surface area contributed by atoms with E-state index in [0.29, 0.717) is 44.8 Å². The summed E-state index contributed by atoms with van der Waals surface area (Å²) >= 11 is 0. The van der Waals surface area contributed by atoms with Crippen LogP contribution in [0.1, 0.15) is 30.7 Å². The lowest BCUT2D eigenvalue weighted by Crippen LogP contribution is -2.49. The molecule has 168 valence electrons. The van der Waals surface area contributed by atoms with Gasteiger partial charge in [-0.1, -0.05) is 5.16 Å². The summed E-state index contributed by atoms with van der Waals surface area (Å²) in [6.07, 6.45) is 2.09. The largest absolute Gasteiger partial charge is 0.360 e. The Morgan fingerprint density at radius 2 is 1.73 bits per heavy atom. The van der Waals surface area contributed by atoms with Crippen LogP contribution in [0.2, 0.25) is 0 Å². The molecule has 1 aromatic heterocycles. The Morgan fingerprint density at radius 1 is 1.03 bits per heavy atom. The molecule has 3 amide bonds. The van der Waals surface area contributed by atoms with Gasteiger partial charge < -0.3 is 19.2 Å². The lowest BCUT2D eigenvalue weighted by molar-refractivity contribution is -0.136. The van der Waals surface area contributed by atoms with Crippen LogP contribution in [0.5, 0.6) is 0 Å². The van der Waals surface area contributed by atoms with Crippen molar-refractivity contribution in [1.82, 2.24) is 24.2 Å². The van der Waals surface area contributed by atoms with Crippen molar-refractivity contribution >= 4 is 22.0 Å². The predicted octanol–water partition coefficient (Wildman–Crippen LogP) is 0.908. The Morgan fingerprint density at radius 3 is 2.37 bits per heavy atom. The van der Waals surface area contributed by atoms with Crippen LogP contribution in [-0.2, 0) is 14.8 Å². The summed E-state index contributed by atoms with van der Waals surface area (Å²) in [6.45, 7) is 5.67. The Hall–Kier alpha value is -2.14. The van der Waals surface area contributed by atoms with Crippen molar-refractivity contribution in [2.24, 2.45) is 5.92 Å². The number of carbonyl (C=O) groups excluding carboxylic acids is 2. The van der Waals surface area contributed by atoms with E-state index in [4.69, 9.17) is 4.52 Å². The first kappa shape index (κ1) is 22.5. The van der Waals surface area contributed by atoms with Crippen LogP contribution in [0.15, 0.2) is 9.42 Å². The lowest BCUT2D eigenvalue weighted by Gasteiger charge is -2.35. The maximum atomic E-state index is 13.1. The number of amides is 3. The standard InChI is InChI=1S/C19H31N5O5S/c1-14-17(15(2)29-20-14)30(27,28)24-10-6-9-22(11-12-24)18(25)16-7-5-8-23(13-16)19(26)21(3)4/h16H,5-13H2,1-4H3/t16-/m0/s1. The molecule has 2 saturated heterocycles. The smallest absolute Gasteiger partial charge is 0.319 e. The Labute approximate surface area is 177 Å². The zero-order chi connectivity index (χ0) is 22.1. The minimum Gasteiger partial charge on any atom is -0.360 e. The molecule has 0 unspecified atom stereocenters. The lowest BCUT2D eigenvalue weighted by atomic mass is 9.96. The van der Waals surface area contributed by atoms with E-state index < -0.39 is 10.0 Å². The van der Waals surface area contributed by atoms with Crippen molar-refractivity contribution in [3.63, 3.8) is 0 Å². The van der Waals surface area contributed by atoms with Crippen molar-refractivity contribution in [3.05, 3.63) is 11.5 Å². The molecule has 10 nitrogen and oxygen atoms in total. The fraction of sp³-hybridized carbons (Fsp3) is 0.737. The average Bonchev–Trinajstić information content (AvgIpc) is 2.91. The van der Waals surface area contributed by atoms with Crippen LogP contribution in [0.4, 0.5) is 4.79 Å². The minimum absolute atomic E-state index is 0.00263. The van der Waals surface area contributed by atoms with Crippen LogP contribution in [0.25, 0.3) is 0 Å². The highest BCUT2D eigenvalue weighted by atomic mass is 32.2. The molecule has 3 rings (SSSR count). The molecule has 0 spiro atoms. The number of rotatable bonds is 3. The number of nitrogens with zero attached hydrogens (tertiary/aromatic N) is 5. The van der Waals surface area contributed by atoms with Crippen molar-refractivity contribution in [2.75, 3.05) is 53.4 Å². The second kappa shape index (κ2) is 8.93. The van der Waals surface area contributed by atoms with E-state index in [1.165, 1.54) is 9.21 Å². The highest BCUT2D eigenvalue weighted by molar-refractivity contribution is 7.89. The van der Waals surface area contributed by atoms with Crippen LogP contribution in [0, 0.1) is 19.8 Å². The van der Waals surface area contributed by atoms with E-state index >= 15 is 0 Å². The van der Waals surface area contributed by atoms with E-state index in [1.807, 2.05) is 0 Å². The fourth-order valence-corrected chi connectivity index (χ4v) is 5.98. The number of carbonyl (C=O) groups is 2. The first-order valence-corrected chi connectivity index (χ1v) is 11.7. The minimum atomic E-state index is -3.73. The molecule has 0 aliphatic carbocycles. The molecule has 1 aromatic rings. The van der Waals surface area contributed by atoms with E-state index in [1.54, 1.807) is 37.7 Å². The first-order chi connectivity index (χ1) is 14.1. The molecule has 11 heteroatoms.